The Labute approximate surface area is 266 Å². The van der Waals surface area contributed by atoms with Crippen LogP contribution in [0.4, 0.5) is 0 Å². The first-order chi connectivity index (χ1) is 21.7. The summed E-state index contributed by atoms with van der Waals surface area (Å²) >= 11 is 1.63. The van der Waals surface area contributed by atoms with Gasteiger partial charge in [-0.25, -0.2) is 4.98 Å². The monoisotopic (exact) mass is 738 g/mol. The van der Waals surface area contributed by atoms with Gasteiger partial charge in [-0.05, 0) is 42.8 Å². The summed E-state index contributed by atoms with van der Waals surface area (Å²) in [5.74, 6) is 0. The molecule has 0 saturated carbocycles. The number of pyridine rings is 2. The first-order valence-electron chi connectivity index (χ1n) is 15.8. The third-order valence-electron chi connectivity index (χ3n) is 6.41. The van der Waals surface area contributed by atoms with E-state index in [0.717, 1.165) is 43.5 Å². The smallest absolute Gasteiger partial charge is 0.148 e. The number of thiazole rings is 1. The molecule has 0 fully saturated rings. The van der Waals surface area contributed by atoms with Gasteiger partial charge in [0.2, 0.25) is 0 Å². The van der Waals surface area contributed by atoms with E-state index in [1.807, 2.05) is 60.7 Å². The summed E-state index contributed by atoms with van der Waals surface area (Å²) in [7, 11) is 0. The maximum absolute atomic E-state index is 7.86. The Morgan fingerprint density at radius 1 is 0.829 bits per heavy atom. The van der Waals surface area contributed by atoms with E-state index >= 15 is 0 Å². The predicted octanol–water partition coefficient (Wildman–Crippen LogP) is 9.52. The van der Waals surface area contributed by atoms with E-state index in [0.29, 0.717) is 16.7 Å². The summed E-state index contributed by atoms with van der Waals surface area (Å²) in [6.45, 7) is 1.14. The molecule has 3 aromatic carbocycles. The Morgan fingerprint density at radius 3 is 2.39 bits per heavy atom. The van der Waals surface area contributed by atoms with E-state index in [2.05, 4.69) is 42.9 Å². The van der Waals surface area contributed by atoms with E-state index < -0.39 is 13.7 Å². The topological polar surface area (TPSA) is 51.8 Å². The molecular weight excluding hydrogens is 703 g/mol. The number of hydrogen-bond donors (Lipinski definition) is 0. The third kappa shape index (κ3) is 5.73. The Morgan fingerprint density at radius 2 is 1.66 bits per heavy atom. The molecule has 41 heavy (non-hydrogen) atoms. The van der Waals surface area contributed by atoms with Crippen molar-refractivity contribution < 1.29 is 32.7 Å². The van der Waals surface area contributed by atoms with Gasteiger partial charge in [-0.3, -0.25) is 0 Å². The van der Waals surface area contributed by atoms with Crippen molar-refractivity contribution >= 4 is 43.5 Å². The molecule has 0 atom stereocenters. The largest absolute Gasteiger partial charge is 0.498 e. The molecule has 7 aromatic rings. The van der Waals surface area contributed by atoms with Crippen LogP contribution in [-0.2, 0) is 25.5 Å². The molecule has 4 heterocycles. The summed E-state index contributed by atoms with van der Waals surface area (Å²) in [4.78, 5) is 13.4. The van der Waals surface area contributed by atoms with Crippen LogP contribution in [-0.4, -0.2) is 15.0 Å². The van der Waals surface area contributed by atoms with Gasteiger partial charge >= 0.3 is 0 Å². The number of benzene rings is 3. The number of fused-ring (bicyclic) bond motifs is 5. The molecule has 0 spiro atoms. The molecule has 6 heteroatoms. The molecule has 0 aliphatic heterocycles. The number of hydrogen-bond acceptors (Lipinski definition) is 5. The van der Waals surface area contributed by atoms with Gasteiger partial charge in [0.15, 0.2) is 0 Å². The average molecular weight is 738 g/mol. The van der Waals surface area contributed by atoms with Gasteiger partial charge in [0, 0.05) is 51.5 Å². The normalized spacial score (nSPS) is 14.1. The molecule has 4 aromatic heterocycles. The van der Waals surface area contributed by atoms with Crippen LogP contribution in [0.5, 0.6) is 0 Å². The number of aryl methyl sites for hydroxylation is 2. The SMILES string of the molecule is [2H]C([2H])([2H])c1cnc(-c2[c-]ccc3c2oc2c3ccc3sc(C(C)(C)C)nc32)cc1C([2H])([2H])[2H].[Ir].[c-]1ccccc1-c1ccccn1. The van der Waals surface area contributed by atoms with E-state index in [1.54, 1.807) is 23.6 Å². The van der Waals surface area contributed by atoms with Gasteiger partial charge < -0.3 is 14.4 Å². The van der Waals surface area contributed by atoms with Crippen LogP contribution in [0.15, 0.2) is 89.6 Å². The molecule has 0 N–H and O–H groups in total. The summed E-state index contributed by atoms with van der Waals surface area (Å²) in [6.07, 6.45) is 2.91. The number of aromatic nitrogens is 3. The molecule has 0 bridgehead atoms. The van der Waals surface area contributed by atoms with E-state index in [9.17, 15) is 0 Å². The van der Waals surface area contributed by atoms with E-state index in [-0.39, 0.29) is 42.3 Å². The van der Waals surface area contributed by atoms with Crippen LogP contribution in [0.1, 0.15) is 45.1 Å². The minimum absolute atomic E-state index is 0. The van der Waals surface area contributed by atoms with Crippen molar-refractivity contribution in [3.63, 3.8) is 0 Å². The van der Waals surface area contributed by atoms with Gasteiger partial charge in [0.1, 0.15) is 11.1 Å². The van der Waals surface area contributed by atoms with Crippen LogP contribution in [0.2, 0.25) is 0 Å². The molecule has 4 nitrogen and oxygen atoms in total. The average Bonchev–Trinajstić information content (AvgIpc) is 3.63. The van der Waals surface area contributed by atoms with Crippen molar-refractivity contribution in [3.8, 4) is 22.5 Å². The van der Waals surface area contributed by atoms with Gasteiger partial charge in [-0.2, -0.15) is 0 Å². The summed E-state index contributed by atoms with van der Waals surface area (Å²) < 4.78 is 54.0. The van der Waals surface area contributed by atoms with Crippen molar-refractivity contribution in [3.05, 3.63) is 113 Å². The van der Waals surface area contributed by atoms with E-state index in [4.69, 9.17) is 17.6 Å². The van der Waals surface area contributed by atoms with Crippen LogP contribution >= 0.6 is 11.3 Å². The fourth-order valence-corrected chi connectivity index (χ4v) is 5.39. The maximum atomic E-state index is 7.86. The second-order valence-corrected chi connectivity index (χ2v) is 11.4. The molecule has 0 amide bonds. The summed E-state index contributed by atoms with van der Waals surface area (Å²) in [5, 5.41) is 2.72. The summed E-state index contributed by atoms with van der Waals surface area (Å²) in [5.41, 5.74) is 4.06. The number of rotatable bonds is 2. The van der Waals surface area contributed by atoms with Crippen LogP contribution in [0.3, 0.4) is 0 Å². The molecule has 0 saturated heterocycles. The van der Waals surface area contributed by atoms with Gasteiger partial charge in [0.05, 0.1) is 15.3 Å². The Hall–Kier alpha value is -3.70. The standard InChI is InChI=1S/C24H21N2OS.C11H8N.Ir/c1-13-11-18(25-12-14(13)2)17-8-6-7-15-16-9-10-19-20(22(16)27-21(15)17)26-23(28-19)24(3,4)5;1-2-6-10(7-3-1)11-8-4-5-9-12-11;/h6-7,9-12H,1-5H3;1-6,8-9H;/q2*-1;/i1D3,2D3;;. The van der Waals surface area contributed by atoms with Crippen LogP contribution < -0.4 is 0 Å². The first kappa shape index (κ1) is 22.0. The molecule has 0 unspecified atom stereocenters. The van der Waals surface area contributed by atoms with Gasteiger partial charge in [-0.1, -0.05) is 61.5 Å². The Balaban J connectivity index is 0.000000280. The second kappa shape index (κ2) is 11.7. The molecule has 207 valence electrons. The van der Waals surface area contributed by atoms with Crippen molar-refractivity contribution in [2.45, 2.75) is 39.9 Å². The molecule has 0 aliphatic rings. The fraction of sp³-hybridized carbons (Fsp3) is 0.171. The third-order valence-corrected chi connectivity index (χ3v) is 7.86. The van der Waals surface area contributed by atoms with E-state index in [1.165, 1.54) is 6.07 Å². The zero-order chi connectivity index (χ0) is 32.9. The first-order valence-corrected chi connectivity index (χ1v) is 13.6. The van der Waals surface area contributed by atoms with Crippen molar-refractivity contribution in [1.29, 1.82) is 0 Å². The van der Waals surface area contributed by atoms with Crippen LogP contribution in [0.25, 0.3) is 54.7 Å². The Bertz CT molecular complexity index is 2130. The molecular formula is C35H29IrN3OS-2. The number of furan rings is 1. The molecule has 7 rings (SSSR count). The zero-order valence-electron chi connectivity index (χ0n) is 28.6. The van der Waals surface area contributed by atoms with Crippen molar-refractivity contribution in [2.75, 3.05) is 0 Å². The van der Waals surface area contributed by atoms with Crippen molar-refractivity contribution in [2.24, 2.45) is 0 Å². The van der Waals surface area contributed by atoms with Crippen LogP contribution in [0, 0.1) is 25.8 Å². The maximum Gasteiger partial charge on any atom is 0.148 e. The van der Waals surface area contributed by atoms with Gasteiger partial charge in [0.25, 0.3) is 0 Å². The number of nitrogens with zero attached hydrogens (tertiary/aromatic N) is 3. The quantitative estimate of drug-likeness (QED) is 0.166. The zero-order valence-corrected chi connectivity index (χ0v) is 25.8. The summed E-state index contributed by atoms with van der Waals surface area (Å²) in [6, 6.07) is 28.9. The predicted molar refractivity (Wildman–Crippen MR) is 166 cm³/mol. The van der Waals surface area contributed by atoms with Crippen molar-refractivity contribution in [1.82, 2.24) is 15.0 Å². The fourth-order valence-electron chi connectivity index (χ4n) is 4.37. The molecule has 0 aliphatic carbocycles. The Kier molecular flexibility index (Phi) is 6.24. The minimum Gasteiger partial charge on any atom is -0.498 e. The van der Waals surface area contributed by atoms with Gasteiger partial charge in [-0.15, -0.1) is 65.4 Å². The minimum atomic E-state index is -2.61. The second-order valence-electron chi connectivity index (χ2n) is 10.4. The molecule has 1 radical (unpaired) electrons.